The van der Waals surface area contributed by atoms with Gasteiger partial charge < -0.3 is 15.3 Å². The summed E-state index contributed by atoms with van der Waals surface area (Å²) in [5.74, 6) is 1.39. The highest BCUT2D eigenvalue weighted by Gasteiger charge is 2.26. The van der Waals surface area contributed by atoms with Crippen LogP contribution in [0.15, 0.2) is 24.3 Å². The second-order valence-corrected chi connectivity index (χ2v) is 6.76. The lowest BCUT2D eigenvalue weighted by Gasteiger charge is -2.34. The van der Waals surface area contributed by atoms with Crippen molar-refractivity contribution in [2.75, 3.05) is 25.4 Å². The van der Waals surface area contributed by atoms with E-state index < -0.39 is 6.10 Å². The van der Waals surface area contributed by atoms with Crippen molar-refractivity contribution < 1.29 is 14.3 Å². The normalized spacial score (nSPS) is 21.7. The molecular weight excluding hydrogens is 303 g/mol. The average molecular weight is 326 g/mol. The number of carbonyl (C=O) groups excluding carboxylic acids is 1. The molecule has 2 rings (SSSR count). The molecule has 1 aromatic carbocycles. The van der Waals surface area contributed by atoms with Crippen molar-refractivity contribution in [1.29, 1.82) is 0 Å². The van der Waals surface area contributed by atoms with Crippen LogP contribution in [0.3, 0.4) is 0 Å². The van der Waals surface area contributed by atoms with Crippen LogP contribution in [-0.2, 0) is 5.75 Å². The maximum absolute atomic E-state index is 13.4. The Kier molecular flexibility index (Phi) is 6.51. The number of hydrogen-bond donors (Lipinski definition) is 2. The van der Waals surface area contributed by atoms with Gasteiger partial charge in [-0.2, -0.15) is 11.8 Å². The van der Waals surface area contributed by atoms with Gasteiger partial charge >= 0.3 is 6.03 Å². The zero-order chi connectivity index (χ0) is 15.9. The quantitative estimate of drug-likeness (QED) is 0.817. The van der Waals surface area contributed by atoms with Crippen molar-refractivity contribution in [3.63, 3.8) is 0 Å². The second kappa shape index (κ2) is 8.39. The molecule has 1 saturated heterocycles. The van der Waals surface area contributed by atoms with E-state index in [-0.39, 0.29) is 17.8 Å². The number of nitrogens with one attached hydrogen (secondary N) is 1. The number of hydrogen-bond acceptors (Lipinski definition) is 3. The highest BCUT2D eigenvalue weighted by Crippen LogP contribution is 2.17. The summed E-state index contributed by atoms with van der Waals surface area (Å²) >= 11 is 1.59. The number of nitrogens with zero attached hydrogens (tertiary/aromatic N) is 1. The molecule has 1 fully saturated rings. The number of likely N-dealkylation sites (tertiary alicyclic amines) is 1. The summed E-state index contributed by atoms with van der Waals surface area (Å²) < 4.78 is 13.4. The molecule has 2 N–H and O–H groups in total. The Labute approximate surface area is 135 Å². The third-order valence-corrected chi connectivity index (χ3v) is 4.95. The minimum absolute atomic E-state index is 0.127. The number of β-amino-alcohol motifs (C(OH)–C–C–N with tert-alkyl or cyclic N) is 1. The van der Waals surface area contributed by atoms with Crippen molar-refractivity contribution in [2.45, 2.75) is 25.2 Å². The van der Waals surface area contributed by atoms with E-state index >= 15 is 0 Å². The maximum atomic E-state index is 13.4. The Morgan fingerprint density at radius 1 is 1.50 bits per heavy atom. The average Bonchev–Trinajstić information content (AvgIpc) is 2.51. The summed E-state index contributed by atoms with van der Waals surface area (Å²) in [5.41, 5.74) is 0.687. The van der Waals surface area contributed by atoms with Crippen LogP contribution in [-0.4, -0.2) is 47.5 Å². The number of amides is 2. The van der Waals surface area contributed by atoms with Crippen molar-refractivity contribution in [1.82, 2.24) is 10.2 Å². The van der Waals surface area contributed by atoms with E-state index in [1.165, 1.54) is 6.07 Å². The van der Waals surface area contributed by atoms with Gasteiger partial charge in [-0.25, -0.2) is 9.18 Å². The van der Waals surface area contributed by atoms with Gasteiger partial charge in [-0.1, -0.05) is 25.1 Å². The molecule has 6 heteroatoms. The van der Waals surface area contributed by atoms with Gasteiger partial charge in [0.2, 0.25) is 0 Å². The van der Waals surface area contributed by atoms with Gasteiger partial charge in [-0.3, -0.25) is 0 Å². The molecule has 0 spiro atoms. The fourth-order valence-corrected chi connectivity index (χ4v) is 3.22. The Morgan fingerprint density at radius 3 is 3.00 bits per heavy atom. The maximum Gasteiger partial charge on any atom is 0.317 e. The number of benzene rings is 1. The molecule has 22 heavy (non-hydrogen) atoms. The smallest absolute Gasteiger partial charge is 0.317 e. The number of thioether (sulfide) groups is 1. The third kappa shape index (κ3) is 4.88. The lowest BCUT2D eigenvalue weighted by atomic mass is 9.96. The zero-order valence-electron chi connectivity index (χ0n) is 12.8. The third-order valence-electron chi connectivity index (χ3n) is 3.94. The van der Waals surface area contributed by atoms with Crippen LogP contribution >= 0.6 is 11.8 Å². The van der Waals surface area contributed by atoms with E-state index in [9.17, 15) is 14.3 Å². The summed E-state index contributed by atoms with van der Waals surface area (Å²) in [6.45, 7) is 3.63. The fourth-order valence-electron chi connectivity index (χ4n) is 2.37. The number of aliphatic hydroxyl groups excluding tert-OH is 1. The summed E-state index contributed by atoms with van der Waals surface area (Å²) in [7, 11) is 0. The predicted molar refractivity (Wildman–Crippen MR) is 87.3 cm³/mol. The molecule has 0 saturated carbocycles. The molecule has 1 aromatic rings. The number of urea groups is 1. The SMILES string of the molecule is CC1CCN(C(=O)NCCSCc2ccccc2F)CC1O. The van der Waals surface area contributed by atoms with E-state index in [0.29, 0.717) is 31.0 Å². The molecule has 2 unspecified atom stereocenters. The van der Waals surface area contributed by atoms with E-state index in [2.05, 4.69) is 5.32 Å². The van der Waals surface area contributed by atoms with Crippen LogP contribution in [0.2, 0.25) is 0 Å². The van der Waals surface area contributed by atoms with Crippen LogP contribution in [0.4, 0.5) is 9.18 Å². The summed E-state index contributed by atoms with van der Waals surface area (Å²) in [6, 6.07) is 6.61. The summed E-state index contributed by atoms with van der Waals surface area (Å²) in [5, 5.41) is 12.6. The van der Waals surface area contributed by atoms with Gasteiger partial charge in [0.25, 0.3) is 0 Å². The molecule has 2 amide bonds. The highest BCUT2D eigenvalue weighted by molar-refractivity contribution is 7.98. The van der Waals surface area contributed by atoms with Crippen LogP contribution in [0.1, 0.15) is 18.9 Å². The summed E-state index contributed by atoms with van der Waals surface area (Å²) in [6.07, 6.45) is 0.395. The lowest BCUT2D eigenvalue weighted by Crippen LogP contribution is -2.50. The van der Waals surface area contributed by atoms with Crippen LogP contribution in [0.5, 0.6) is 0 Å². The monoisotopic (exact) mass is 326 g/mol. The first-order valence-corrected chi connectivity index (χ1v) is 8.75. The van der Waals surface area contributed by atoms with Crippen LogP contribution in [0.25, 0.3) is 0 Å². The molecule has 1 heterocycles. The molecule has 1 aliphatic rings. The van der Waals surface area contributed by atoms with E-state index in [4.69, 9.17) is 0 Å². The largest absolute Gasteiger partial charge is 0.391 e. The molecule has 1 aliphatic heterocycles. The Bertz CT molecular complexity index is 501. The standard InChI is InChI=1S/C16H23FN2O2S/c1-12-6-8-19(10-15(12)20)16(21)18-7-9-22-11-13-4-2-3-5-14(13)17/h2-5,12,15,20H,6-11H2,1H3,(H,18,21). The zero-order valence-corrected chi connectivity index (χ0v) is 13.6. The highest BCUT2D eigenvalue weighted by atomic mass is 32.2. The van der Waals surface area contributed by atoms with Crippen molar-refractivity contribution in [3.05, 3.63) is 35.6 Å². The number of piperidine rings is 1. The molecule has 4 nitrogen and oxygen atoms in total. The van der Waals surface area contributed by atoms with Crippen molar-refractivity contribution in [2.24, 2.45) is 5.92 Å². The fraction of sp³-hybridized carbons (Fsp3) is 0.562. The Balaban J connectivity index is 1.62. The Hall–Kier alpha value is -1.27. The van der Waals surface area contributed by atoms with Crippen molar-refractivity contribution >= 4 is 17.8 Å². The van der Waals surface area contributed by atoms with Crippen LogP contribution in [0, 0.1) is 11.7 Å². The van der Waals surface area contributed by atoms with E-state index in [0.717, 1.165) is 12.2 Å². The molecule has 0 radical (unpaired) electrons. The first-order valence-electron chi connectivity index (χ1n) is 7.60. The predicted octanol–water partition coefficient (Wildman–Crippen LogP) is 2.47. The van der Waals surface area contributed by atoms with Gasteiger partial charge in [-0.15, -0.1) is 0 Å². The first kappa shape index (κ1) is 17.1. The number of halogens is 1. The molecular formula is C16H23FN2O2S. The molecule has 0 aromatic heterocycles. The van der Waals surface area contributed by atoms with E-state index in [1.807, 2.05) is 13.0 Å². The van der Waals surface area contributed by atoms with Gasteiger partial charge in [0, 0.05) is 31.1 Å². The minimum Gasteiger partial charge on any atom is -0.391 e. The molecule has 2 atom stereocenters. The molecule has 0 bridgehead atoms. The van der Waals surface area contributed by atoms with Gasteiger partial charge in [0.05, 0.1) is 6.10 Å². The van der Waals surface area contributed by atoms with Crippen molar-refractivity contribution in [3.8, 4) is 0 Å². The topological polar surface area (TPSA) is 52.6 Å². The lowest BCUT2D eigenvalue weighted by molar-refractivity contribution is 0.0437. The van der Waals surface area contributed by atoms with E-state index in [1.54, 1.807) is 28.8 Å². The Morgan fingerprint density at radius 2 is 2.27 bits per heavy atom. The molecule has 122 valence electrons. The van der Waals surface area contributed by atoms with Gasteiger partial charge in [0.1, 0.15) is 5.82 Å². The number of carbonyl (C=O) groups is 1. The van der Waals surface area contributed by atoms with Gasteiger partial charge in [0.15, 0.2) is 0 Å². The number of rotatable bonds is 5. The second-order valence-electron chi connectivity index (χ2n) is 5.66. The molecule has 0 aliphatic carbocycles. The number of aliphatic hydroxyl groups is 1. The van der Waals surface area contributed by atoms with Crippen LogP contribution < -0.4 is 5.32 Å². The summed E-state index contributed by atoms with van der Waals surface area (Å²) in [4.78, 5) is 13.6. The minimum atomic E-state index is -0.435. The van der Waals surface area contributed by atoms with Gasteiger partial charge in [-0.05, 0) is 24.0 Å². The first-order chi connectivity index (χ1) is 10.6.